The Balaban J connectivity index is 2.17. The maximum absolute atomic E-state index is 14.6. The van der Waals surface area contributed by atoms with E-state index in [1.807, 2.05) is 6.07 Å². The lowest BCUT2D eigenvalue weighted by atomic mass is 10.1. The first kappa shape index (κ1) is 13.2. The predicted molar refractivity (Wildman–Crippen MR) is 78.3 cm³/mol. The summed E-state index contributed by atoms with van der Waals surface area (Å²) in [5, 5.41) is 2.51. The maximum Gasteiger partial charge on any atom is 0.275 e. The Kier molecular flexibility index (Phi) is 3.31. The van der Waals surface area contributed by atoms with Crippen molar-refractivity contribution in [3.63, 3.8) is 0 Å². The number of aromatic nitrogens is 2. The van der Waals surface area contributed by atoms with E-state index in [0.29, 0.717) is 17.0 Å². The van der Waals surface area contributed by atoms with Crippen LogP contribution in [0.25, 0.3) is 16.8 Å². The van der Waals surface area contributed by atoms with Gasteiger partial charge >= 0.3 is 0 Å². The number of hydrogen-bond acceptors (Lipinski definition) is 2. The minimum Gasteiger partial charge on any atom is -0.497 e. The molecule has 0 aliphatic heterocycles. The molecule has 0 saturated heterocycles. The van der Waals surface area contributed by atoms with Crippen molar-refractivity contribution in [1.82, 2.24) is 9.78 Å². The van der Waals surface area contributed by atoms with Crippen molar-refractivity contribution in [2.24, 2.45) is 0 Å². The van der Waals surface area contributed by atoms with Crippen LogP contribution in [0.15, 0.2) is 59.4 Å². The van der Waals surface area contributed by atoms with Gasteiger partial charge in [0.05, 0.1) is 12.8 Å². The molecule has 21 heavy (non-hydrogen) atoms. The largest absolute Gasteiger partial charge is 0.497 e. The van der Waals surface area contributed by atoms with Gasteiger partial charge in [-0.05, 0) is 29.8 Å². The van der Waals surface area contributed by atoms with Crippen molar-refractivity contribution in [2.45, 2.75) is 0 Å². The standard InChI is InChI=1S/C16H13FN2O2/c1-21-13-9-5-6-11(10-13)14-15(17)19(18-16(14)20)12-7-3-2-4-8-12/h2-10H,1H3,(H,18,20). The van der Waals surface area contributed by atoms with Gasteiger partial charge in [0.25, 0.3) is 5.56 Å². The van der Waals surface area contributed by atoms with Crippen LogP contribution in [0.2, 0.25) is 0 Å². The highest BCUT2D eigenvalue weighted by atomic mass is 19.1. The third kappa shape index (κ3) is 2.33. The lowest BCUT2D eigenvalue weighted by Gasteiger charge is -2.04. The molecule has 0 radical (unpaired) electrons. The molecule has 0 aliphatic rings. The number of para-hydroxylation sites is 1. The number of H-pyrrole nitrogens is 1. The van der Waals surface area contributed by atoms with Crippen molar-refractivity contribution in [3.05, 3.63) is 70.9 Å². The number of nitrogens with one attached hydrogen (secondary N) is 1. The first-order chi connectivity index (χ1) is 10.2. The Morgan fingerprint density at radius 1 is 1.10 bits per heavy atom. The summed E-state index contributed by atoms with van der Waals surface area (Å²) in [5.74, 6) is -0.0572. The number of benzene rings is 2. The monoisotopic (exact) mass is 284 g/mol. The fourth-order valence-corrected chi connectivity index (χ4v) is 2.20. The second-order valence-electron chi connectivity index (χ2n) is 4.51. The molecule has 3 aromatic rings. The number of halogens is 1. The molecule has 0 aliphatic carbocycles. The van der Waals surface area contributed by atoms with Crippen molar-refractivity contribution in [3.8, 4) is 22.6 Å². The summed E-state index contributed by atoms with van der Waals surface area (Å²) in [6.45, 7) is 0. The zero-order valence-corrected chi connectivity index (χ0v) is 11.3. The number of hydrogen-bond donors (Lipinski definition) is 1. The van der Waals surface area contributed by atoms with E-state index in [1.165, 1.54) is 7.11 Å². The van der Waals surface area contributed by atoms with Gasteiger partial charge in [0.1, 0.15) is 11.3 Å². The van der Waals surface area contributed by atoms with Gasteiger partial charge in [0.2, 0.25) is 5.95 Å². The predicted octanol–water partition coefficient (Wildman–Crippen LogP) is 2.98. The molecule has 1 aromatic heterocycles. The molecule has 0 unspecified atom stereocenters. The fraction of sp³-hybridized carbons (Fsp3) is 0.0625. The molecule has 3 rings (SSSR count). The minimum absolute atomic E-state index is 0.00208. The van der Waals surface area contributed by atoms with Gasteiger partial charge in [-0.1, -0.05) is 30.3 Å². The number of aromatic amines is 1. The van der Waals surface area contributed by atoms with Crippen molar-refractivity contribution in [2.75, 3.05) is 7.11 Å². The molecule has 106 valence electrons. The van der Waals surface area contributed by atoms with E-state index in [9.17, 15) is 9.18 Å². The first-order valence-corrected chi connectivity index (χ1v) is 6.41. The summed E-state index contributed by atoms with van der Waals surface area (Å²) in [7, 11) is 1.52. The van der Waals surface area contributed by atoms with Gasteiger partial charge in [-0.3, -0.25) is 9.89 Å². The zero-order chi connectivity index (χ0) is 14.8. The van der Waals surface area contributed by atoms with Crippen LogP contribution in [0.5, 0.6) is 5.75 Å². The van der Waals surface area contributed by atoms with Crippen molar-refractivity contribution in [1.29, 1.82) is 0 Å². The SMILES string of the molecule is COc1cccc(-c2c(F)n(-c3ccccc3)[nH]c2=O)c1. The van der Waals surface area contributed by atoms with Crippen molar-refractivity contribution >= 4 is 0 Å². The van der Waals surface area contributed by atoms with Crippen LogP contribution in [0.4, 0.5) is 4.39 Å². The second kappa shape index (κ2) is 5.28. The van der Waals surface area contributed by atoms with Crippen LogP contribution in [0.1, 0.15) is 0 Å². The smallest absolute Gasteiger partial charge is 0.275 e. The van der Waals surface area contributed by atoms with Crippen LogP contribution in [0, 0.1) is 5.95 Å². The molecule has 0 atom stereocenters. The van der Waals surface area contributed by atoms with E-state index in [1.54, 1.807) is 48.5 Å². The highest BCUT2D eigenvalue weighted by molar-refractivity contribution is 5.64. The number of nitrogens with zero attached hydrogens (tertiary/aromatic N) is 1. The van der Waals surface area contributed by atoms with Crippen molar-refractivity contribution < 1.29 is 9.13 Å². The summed E-state index contributed by atoms with van der Waals surface area (Å²) in [6, 6.07) is 15.6. The molecule has 0 saturated carbocycles. The molecule has 5 heteroatoms. The molecule has 0 bridgehead atoms. The van der Waals surface area contributed by atoms with E-state index in [0.717, 1.165) is 4.68 Å². The van der Waals surface area contributed by atoms with E-state index in [-0.39, 0.29) is 5.56 Å². The summed E-state index contributed by atoms with van der Waals surface area (Å²) >= 11 is 0. The zero-order valence-electron chi connectivity index (χ0n) is 11.3. The highest BCUT2D eigenvalue weighted by Crippen LogP contribution is 2.24. The van der Waals surface area contributed by atoms with Gasteiger partial charge in [-0.25, -0.2) is 4.68 Å². The van der Waals surface area contributed by atoms with Crippen LogP contribution >= 0.6 is 0 Å². The lowest BCUT2D eigenvalue weighted by molar-refractivity contribution is 0.415. The average Bonchev–Trinajstić information content (AvgIpc) is 2.83. The van der Waals surface area contributed by atoms with E-state index in [4.69, 9.17) is 4.74 Å². The third-order valence-corrected chi connectivity index (χ3v) is 3.22. The first-order valence-electron chi connectivity index (χ1n) is 6.41. The molecule has 1 heterocycles. The van der Waals surface area contributed by atoms with E-state index < -0.39 is 11.5 Å². The number of methoxy groups -OCH3 is 1. The number of ether oxygens (including phenoxy) is 1. The van der Waals surface area contributed by atoms with Crippen LogP contribution in [-0.2, 0) is 0 Å². The quantitative estimate of drug-likeness (QED) is 0.803. The third-order valence-electron chi connectivity index (χ3n) is 3.22. The number of rotatable bonds is 3. The maximum atomic E-state index is 14.6. The van der Waals surface area contributed by atoms with Gasteiger partial charge in [-0.2, -0.15) is 4.39 Å². The molecule has 1 N–H and O–H groups in total. The Labute approximate surface area is 120 Å². The molecule has 0 amide bonds. The summed E-state index contributed by atoms with van der Waals surface area (Å²) in [5.41, 5.74) is 0.548. The van der Waals surface area contributed by atoms with Crippen LogP contribution < -0.4 is 10.3 Å². The molecular weight excluding hydrogens is 271 g/mol. The lowest BCUT2D eigenvalue weighted by Crippen LogP contribution is -2.05. The Morgan fingerprint density at radius 3 is 2.57 bits per heavy atom. The van der Waals surface area contributed by atoms with Crippen LogP contribution in [0.3, 0.4) is 0 Å². The normalized spacial score (nSPS) is 10.6. The Bertz CT molecular complexity index is 822. The van der Waals surface area contributed by atoms with Gasteiger partial charge < -0.3 is 4.74 Å². The molecule has 0 spiro atoms. The molecular formula is C16H13FN2O2. The minimum atomic E-state index is -0.626. The molecule has 2 aromatic carbocycles. The highest BCUT2D eigenvalue weighted by Gasteiger charge is 2.17. The van der Waals surface area contributed by atoms with E-state index in [2.05, 4.69) is 5.10 Å². The Morgan fingerprint density at radius 2 is 1.86 bits per heavy atom. The Hall–Kier alpha value is -2.82. The molecule has 0 fully saturated rings. The van der Waals surface area contributed by atoms with Crippen LogP contribution in [-0.4, -0.2) is 16.9 Å². The average molecular weight is 284 g/mol. The van der Waals surface area contributed by atoms with Gasteiger partial charge in [0.15, 0.2) is 0 Å². The van der Waals surface area contributed by atoms with E-state index >= 15 is 0 Å². The van der Waals surface area contributed by atoms with Gasteiger partial charge in [0, 0.05) is 0 Å². The topological polar surface area (TPSA) is 47.0 Å². The van der Waals surface area contributed by atoms with Gasteiger partial charge in [-0.15, -0.1) is 0 Å². The second-order valence-corrected chi connectivity index (χ2v) is 4.51. The summed E-state index contributed by atoms with van der Waals surface area (Å²) < 4.78 is 20.8. The summed E-state index contributed by atoms with van der Waals surface area (Å²) in [4.78, 5) is 12.1. The molecule has 4 nitrogen and oxygen atoms in total. The summed E-state index contributed by atoms with van der Waals surface area (Å²) in [6.07, 6.45) is 0. The fourth-order valence-electron chi connectivity index (χ4n) is 2.20.